The van der Waals surface area contributed by atoms with E-state index in [9.17, 15) is 4.79 Å². The van der Waals surface area contributed by atoms with Crippen LogP contribution in [-0.4, -0.2) is 35.4 Å². The summed E-state index contributed by atoms with van der Waals surface area (Å²) in [6.45, 7) is 3.33. The number of ether oxygens (including phenoxy) is 1. The fraction of sp³-hybridized carbons (Fsp3) is 0.438. The molecule has 7 heteroatoms. The van der Waals surface area contributed by atoms with Gasteiger partial charge < -0.3 is 19.8 Å². The monoisotopic (exact) mass is 316 g/mol. The molecule has 23 heavy (non-hydrogen) atoms. The molecule has 0 aliphatic carbocycles. The van der Waals surface area contributed by atoms with Crippen molar-refractivity contribution in [3.63, 3.8) is 0 Å². The van der Waals surface area contributed by atoms with E-state index in [4.69, 9.17) is 9.15 Å². The third-order valence-electron chi connectivity index (χ3n) is 3.79. The van der Waals surface area contributed by atoms with E-state index in [-0.39, 0.29) is 18.0 Å². The molecule has 1 fully saturated rings. The second-order valence-corrected chi connectivity index (χ2v) is 5.55. The Bertz CT molecular complexity index is 621. The lowest BCUT2D eigenvalue weighted by Crippen LogP contribution is -2.39. The Morgan fingerprint density at radius 3 is 2.74 bits per heavy atom. The van der Waals surface area contributed by atoms with Crippen LogP contribution in [0.1, 0.15) is 42.1 Å². The Morgan fingerprint density at radius 2 is 2.09 bits per heavy atom. The van der Waals surface area contributed by atoms with Crippen LogP contribution in [0.4, 0.5) is 5.82 Å². The Labute approximate surface area is 134 Å². The maximum Gasteiger partial charge on any atom is 0.272 e. The van der Waals surface area contributed by atoms with E-state index in [0.717, 1.165) is 18.6 Å². The lowest BCUT2D eigenvalue weighted by atomic mass is 10.1. The predicted molar refractivity (Wildman–Crippen MR) is 84.1 cm³/mol. The highest BCUT2D eigenvalue weighted by Crippen LogP contribution is 2.17. The third-order valence-corrected chi connectivity index (χ3v) is 3.79. The second kappa shape index (κ2) is 7.23. The van der Waals surface area contributed by atoms with Crippen LogP contribution in [0, 0.1) is 0 Å². The van der Waals surface area contributed by atoms with Crippen LogP contribution >= 0.6 is 0 Å². The van der Waals surface area contributed by atoms with Gasteiger partial charge in [-0.1, -0.05) is 0 Å². The van der Waals surface area contributed by atoms with Crippen molar-refractivity contribution < 1.29 is 13.9 Å². The zero-order valence-electron chi connectivity index (χ0n) is 13.0. The lowest BCUT2D eigenvalue weighted by Gasteiger charge is -2.22. The quantitative estimate of drug-likeness (QED) is 0.878. The Kier molecular flexibility index (Phi) is 4.87. The van der Waals surface area contributed by atoms with Gasteiger partial charge in [0, 0.05) is 19.3 Å². The van der Waals surface area contributed by atoms with E-state index in [1.165, 1.54) is 0 Å². The highest BCUT2D eigenvalue weighted by Gasteiger charge is 2.18. The van der Waals surface area contributed by atoms with Crippen molar-refractivity contribution in [1.29, 1.82) is 0 Å². The minimum Gasteiger partial charge on any atom is -0.467 e. The molecule has 7 nitrogen and oxygen atoms in total. The van der Waals surface area contributed by atoms with Gasteiger partial charge in [0.25, 0.3) is 5.91 Å². The molecule has 0 aromatic carbocycles. The van der Waals surface area contributed by atoms with Crippen molar-refractivity contribution >= 4 is 11.7 Å². The molecule has 2 N–H and O–H groups in total. The Hall–Kier alpha value is -2.41. The van der Waals surface area contributed by atoms with Gasteiger partial charge in [-0.3, -0.25) is 4.79 Å². The molecule has 122 valence electrons. The molecule has 0 bridgehead atoms. The van der Waals surface area contributed by atoms with Gasteiger partial charge in [-0.15, -0.1) is 10.2 Å². The zero-order chi connectivity index (χ0) is 16.1. The number of amides is 1. The number of nitrogens with one attached hydrogen (secondary N) is 2. The number of furan rings is 1. The molecule has 1 atom stereocenters. The molecule has 2 aromatic heterocycles. The Balaban J connectivity index is 1.56. The van der Waals surface area contributed by atoms with Gasteiger partial charge in [-0.2, -0.15) is 0 Å². The van der Waals surface area contributed by atoms with Crippen LogP contribution in [-0.2, 0) is 4.74 Å². The van der Waals surface area contributed by atoms with Crippen molar-refractivity contribution in [2.75, 3.05) is 18.5 Å². The van der Waals surface area contributed by atoms with Crippen LogP contribution in [0.25, 0.3) is 0 Å². The number of aromatic nitrogens is 2. The van der Waals surface area contributed by atoms with Crippen LogP contribution < -0.4 is 10.6 Å². The average molecular weight is 316 g/mol. The number of anilines is 1. The van der Waals surface area contributed by atoms with Crippen molar-refractivity contribution in [3.8, 4) is 0 Å². The maximum atomic E-state index is 12.1. The van der Waals surface area contributed by atoms with Crippen LogP contribution in [0.15, 0.2) is 34.9 Å². The van der Waals surface area contributed by atoms with Gasteiger partial charge in [-0.05, 0) is 44.0 Å². The minimum absolute atomic E-state index is 0.0267. The number of hydrogen-bond acceptors (Lipinski definition) is 6. The minimum atomic E-state index is -0.199. The van der Waals surface area contributed by atoms with Crippen LogP contribution in [0.2, 0.25) is 0 Å². The normalized spacial score (nSPS) is 16.7. The molecule has 0 radical (unpaired) electrons. The third kappa shape index (κ3) is 4.07. The van der Waals surface area contributed by atoms with Crippen molar-refractivity contribution in [2.45, 2.75) is 31.8 Å². The lowest BCUT2D eigenvalue weighted by molar-refractivity contribution is 0.0693. The van der Waals surface area contributed by atoms with Gasteiger partial charge in [0.05, 0.1) is 12.3 Å². The molecule has 2 aromatic rings. The molecule has 3 rings (SSSR count). The average Bonchev–Trinajstić information content (AvgIpc) is 3.11. The smallest absolute Gasteiger partial charge is 0.272 e. The summed E-state index contributed by atoms with van der Waals surface area (Å²) in [5.74, 6) is 1.21. The van der Waals surface area contributed by atoms with Gasteiger partial charge in [0.2, 0.25) is 0 Å². The van der Waals surface area contributed by atoms with Gasteiger partial charge in [0.15, 0.2) is 5.69 Å². The first-order chi connectivity index (χ1) is 11.2. The molecule has 1 saturated heterocycles. The fourth-order valence-corrected chi connectivity index (χ4v) is 2.46. The molecule has 1 aliphatic heterocycles. The number of rotatable bonds is 5. The molecular weight excluding hydrogens is 296 g/mol. The van der Waals surface area contributed by atoms with E-state index in [1.807, 2.05) is 19.1 Å². The molecule has 0 spiro atoms. The summed E-state index contributed by atoms with van der Waals surface area (Å²) in [4.78, 5) is 12.1. The van der Waals surface area contributed by atoms with Gasteiger partial charge in [-0.25, -0.2) is 0 Å². The zero-order valence-corrected chi connectivity index (χ0v) is 13.0. The SMILES string of the molecule is CC(Nc1ccc(C(=O)NC2CCOCC2)nn1)c1ccco1. The standard InChI is InChI=1S/C16H20N4O3/c1-11(14-3-2-8-23-14)17-15-5-4-13(19-20-15)16(21)18-12-6-9-22-10-7-12/h2-5,8,11-12H,6-7,9-10H2,1H3,(H,17,20)(H,18,21). The summed E-state index contributed by atoms with van der Waals surface area (Å²) in [7, 11) is 0. The largest absolute Gasteiger partial charge is 0.467 e. The molecule has 1 amide bonds. The molecule has 3 heterocycles. The summed E-state index contributed by atoms with van der Waals surface area (Å²) in [5.41, 5.74) is 0.313. The van der Waals surface area contributed by atoms with E-state index in [2.05, 4.69) is 20.8 Å². The highest BCUT2D eigenvalue weighted by atomic mass is 16.5. The molecule has 0 saturated carbocycles. The summed E-state index contributed by atoms with van der Waals surface area (Å²) >= 11 is 0. The number of nitrogens with zero attached hydrogens (tertiary/aromatic N) is 2. The van der Waals surface area contributed by atoms with E-state index in [1.54, 1.807) is 18.4 Å². The number of hydrogen-bond donors (Lipinski definition) is 2. The summed E-state index contributed by atoms with van der Waals surface area (Å²) in [6.07, 6.45) is 3.29. The van der Waals surface area contributed by atoms with Gasteiger partial charge in [0.1, 0.15) is 11.6 Å². The van der Waals surface area contributed by atoms with E-state index >= 15 is 0 Å². The van der Waals surface area contributed by atoms with Crippen molar-refractivity contribution in [3.05, 3.63) is 42.0 Å². The predicted octanol–water partition coefficient (Wildman–Crippen LogP) is 2.15. The van der Waals surface area contributed by atoms with Crippen molar-refractivity contribution in [2.24, 2.45) is 0 Å². The first-order valence-corrected chi connectivity index (χ1v) is 7.74. The molecule has 1 aliphatic rings. The number of carbonyl (C=O) groups is 1. The second-order valence-electron chi connectivity index (χ2n) is 5.55. The van der Waals surface area contributed by atoms with E-state index in [0.29, 0.717) is 24.7 Å². The molecular formula is C16H20N4O3. The van der Waals surface area contributed by atoms with Crippen LogP contribution in [0.5, 0.6) is 0 Å². The topological polar surface area (TPSA) is 89.3 Å². The summed E-state index contributed by atoms with van der Waals surface area (Å²) in [5, 5.41) is 14.2. The Morgan fingerprint density at radius 1 is 1.26 bits per heavy atom. The fourth-order valence-electron chi connectivity index (χ4n) is 2.46. The van der Waals surface area contributed by atoms with E-state index < -0.39 is 0 Å². The van der Waals surface area contributed by atoms with Crippen molar-refractivity contribution in [1.82, 2.24) is 15.5 Å². The highest BCUT2D eigenvalue weighted by molar-refractivity contribution is 5.92. The summed E-state index contributed by atoms with van der Waals surface area (Å²) in [6, 6.07) is 7.25. The first-order valence-electron chi connectivity index (χ1n) is 7.74. The summed E-state index contributed by atoms with van der Waals surface area (Å²) < 4.78 is 10.6. The maximum absolute atomic E-state index is 12.1. The molecule has 1 unspecified atom stereocenters. The number of carbonyl (C=O) groups excluding carboxylic acids is 1. The van der Waals surface area contributed by atoms with Crippen LogP contribution in [0.3, 0.4) is 0 Å². The van der Waals surface area contributed by atoms with Gasteiger partial charge >= 0.3 is 0 Å². The first kappa shape index (κ1) is 15.5.